The van der Waals surface area contributed by atoms with Crippen molar-refractivity contribution < 1.29 is 14.4 Å². The standard InChI is InChI=1S/C30H23Cl5N2O3/c31-15-28(38)36-27(14-18-4-2-1-3-5-18)30(40)37-16-21(10-19-6-8-23(32)25(34)12-19)29(39)22(17-37)11-20-7-9-24(33)26(35)13-20/h1-13,27H,14-17H2,(H,36,38)/b21-10+,22-11+/t27-/m0/s1. The van der Waals surface area contributed by atoms with Crippen LogP contribution in [0.2, 0.25) is 20.1 Å². The average molecular weight is 637 g/mol. The first-order valence-corrected chi connectivity index (χ1v) is 14.2. The number of rotatable bonds is 7. The lowest BCUT2D eigenvalue weighted by atomic mass is 9.93. The fourth-order valence-electron chi connectivity index (χ4n) is 4.31. The SMILES string of the molecule is O=C(CCl)N[C@@H](Cc1ccccc1)C(=O)N1C/C(=C\c2ccc(Cl)c(Cl)c2)C(=O)/C(=C/c2ccc(Cl)c(Cl)c2)C1. The van der Waals surface area contributed by atoms with Crippen LogP contribution in [0.15, 0.2) is 77.9 Å². The number of Topliss-reactive ketones (excluding diaryl/α,β-unsaturated/α-hetero) is 1. The van der Waals surface area contributed by atoms with Gasteiger partial charge in [-0.25, -0.2) is 0 Å². The average Bonchev–Trinajstić information content (AvgIpc) is 2.94. The van der Waals surface area contributed by atoms with Gasteiger partial charge in [-0.3, -0.25) is 14.4 Å². The van der Waals surface area contributed by atoms with Gasteiger partial charge in [0.25, 0.3) is 0 Å². The minimum Gasteiger partial charge on any atom is -0.343 e. The number of halogens is 5. The number of benzene rings is 3. The smallest absolute Gasteiger partial charge is 0.246 e. The molecule has 1 N–H and O–H groups in total. The van der Waals surface area contributed by atoms with E-state index in [-0.39, 0.29) is 37.1 Å². The Morgan fingerprint density at radius 1 is 0.800 bits per heavy atom. The zero-order valence-corrected chi connectivity index (χ0v) is 24.8. The second kappa shape index (κ2) is 13.7. The van der Waals surface area contributed by atoms with Gasteiger partial charge in [-0.05, 0) is 53.1 Å². The number of hydrogen-bond donors (Lipinski definition) is 1. The Labute approximate surface area is 257 Å². The van der Waals surface area contributed by atoms with E-state index in [1.54, 1.807) is 48.6 Å². The molecule has 1 heterocycles. The van der Waals surface area contributed by atoms with E-state index < -0.39 is 11.9 Å². The van der Waals surface area contributed by atoms with Crippen LogP contribution in [0.3, 0.4) is 0 Å². The molecule has 0 spiro atoms. The summed E-state index contributed by atoms with van der Waals surface area (Å²) in [7, 11) is 0. The van der Waals surface area contributed by atoms with E-state index in [1.807, 2.05) is 30.3 Å². The molecule has 2 amide bonds. The quantitative estimate of drug-likeness (QED) is 0.221. The molecule has 0 aromatic heterocycles. The lowest BCUT2D eigenvalue weighted by Gasteiger charge is -2.33. The topological polar surface area (TPSA) is 66.5 Å². The predicted molar refractivity (Wildman–Crippen MR) is 163 cm³/mol. The van der Waals surface area contributed by atoms with E-state index in [0.29, 0.717) is 42.4 Å². The Kier molecular flexibility index (Phi) is 10.3. The Hall–Kier alpha value is -2.80. The summed E-state index contributed by atoms with van der Waals surface area (Å²) in [6, 6.07) is 18.5. The Bertz CT molecular complexity index is 1430. The molecular weight excluding hydrogens is 614 g/mol. The van der Waals surface area contributed by atoms with Crippen molar-refractivity contribution >= 4 is 87.8 Å². The third-order valence-corrected chi connectivity index (χ3v) is 7.94. The predicted octanol–water partition coefficient (Wildman–Crippen LogP) is 7.14. The number of carbonyl (C=O) groups is 3. The van der Waals surface area contributed by atoms with Crippen molar-refractivity contribution in [1.82, 2.24) is 10.2 Å². The van der Waals surface area contributed by atoms with Crippen LogP contribution in [0.25, 0.3) is 12.2 Å². The van der Waals surface area contributed by atoms with Gasteiger partial charge in [-0.15, -0.1) is 11.6 Å². The summed E-state index contributed by atoms with van der Waals surface area (Å²) in [4.78, 5) is 41.3. The molecule has 0 aliphatic carbocycles. The van der Waals surface area contributed by atoms with Crippen LogP contribution in [0.5, 0.6) is 0 Å². The summed E-state index contributed by atoms with van der Waals surface area (Å²) in [5.41, 5.74) is 2.90. The van der Waals surface area contributed by atoms with Crippen LogP contribution in [-0.4, -0.2) is 47.5 Å². The van der Waals surface area contributed by atoms with Crippen LogP contribution in [-0.2, 0) is 20.8 Å². The molecule has 0 bridgehead atoms. The highest BCUT2D eigenvalue weighted by atomic mass is 35.5. The van der Waals surface area contributed by atoms with Gasteiger partial charge >= 0.3 is 0 Å². The minimum absolute atomic E-state index is 0.0264. The summed E-state index contributed by atoms with van der Waals surface area (Å²) in [5, 5.41) is 4.17. The Morgan fingerprint density at radius 2 is 1.32 bits per heavy atom. The number of nitrogens with one attached hydrogen (secondary N) is 1. The molecule has 0 unspecified atom stereocenters. The van der Waals surface area contributed by atoms with Crippen molar-refractivity contribution in [3.8, 4) is 0 Å². The molecule has 1 aliphatic rings. The van der Waals surface area contributed by atoms with E-state index in [1.165, 1.54) is 4.90 Å². The van der Waals surface area contributed by atoms with E-state index in [2.05, 4.69) is 5.32 Å². The number of piperidine rings is 1. The van der Waals surface area contributed by atoms with E-state index >= 15 is 0 Å². The lowest BCUT2D eigenvalue weighted by molar-refractivity contribution is -0.136. The number of alkyl halides is 1. The van der Waals surface area contributed by atoms with Gasteiger partial charge in [0.15, 0.2) is 5.78 Å². The first kappa shape index (κ1) is 30.2. The van der Waals surface area contributed by atoms with E-state index in [4.69, 9.17) is 58.0 Å². The molecule has 206 valence electrons. The number of likely N-dealkylation sites (tertiary alicyclic amines) is 1. The van der Waals surface area contributed by atoms with Crippen molar-refractivity contribution in [3.05, 3.63) is 115 Å². The molecular formula is C30H23Cl5N2O3. The molecule has 0 saturated carbocycles. The van der Waals surface area contributed by atoms with Crippen molar-refractivity contribution in [1.29, 1.82) is 0 Å². The molecule has 5 nitrogen and oxygen atoms in total. The van der Waals surface area contributed by atoms with Gasteiger partial charge in [0.2, 0.25) is 11.8 Å². The van der Waals surface area contributed by atoms with Crippen LogP contribution >= 0.6 is 58.0 Å². The third kappa shape index (κ3) is 7.68. The molecule has 3 aromatic carbocycles. The number of ketones is 1. The molecule has 3 aromatic rings. The van der Waals surface area contributed by atoms with Crippen LogP contribution in [0.1, 0.15) is 16.7 Å². The number of hydrogen-bond acceptors (Lipinski definition) is 3. The first-order chi connectivity index (χ1) is 19.1. The summed E-state index contributed by atoms with van der Waals surface area (Å²) in [6.45, 7) is 0.0529. The zero-order valence-electron chi connectivity index (χ0n) is 21.0. The second-order valence-corrected chi connectivity index (χ2v) is 11.0. The number of amides is 2. The van der Waals surface area contributed by atoms with Crippen LogP contribution in [0, 0.1) is 0 Å². The van der Waals surface area contributed by atoms with Gasteiger partial charge in [-0.2, -0.15) is 0 Å². The van der Waals surface area contributed by atoms with E-state index in [0.717, 1.165) is 5.56 Å². The highest BCUT2D eigenvalue weighted by molar-refractivity contribution is 6.42. The maximum atomic E-state index is 13.9. The maximum Gasteiger partial charge on any atom is 0.246 e. The van der Waals surface area contributed by atoms with Crippen LogP contribution in [0.4, 0.5) is 0 Å². The fraction of sp³-hybridized carbons (Fsp3) is 0.167. The molecule has 40 heavy (non-hydrogen) atoms. The summed E-state index contributed by atoms with van der Waals surface area (Å²) in [6.07, 6.45) is 3.61. The van der Waals surface area contributed by atoms with Crippen molar-refractivity contribution in [2.45, 2.75) is 12.5 Å². The summed E-state index contributed by atoms with van der Waals surface area (Å²) >= 11 is 30.3. The first-order valence-electron chi connectivity index (χ1n) is 12.2. The summed E-state index contributed by atoms with van der Waals surface area (Å²) < 4.78 is 0. The molecule has 0 radical (unpaired) electrons. The number of carbonyl (C=O) groups excluding carboxylic acids is 3. The van der Waals surface area contributed by atoms with Crippen molar-refractivity contribution in [3.63, 3.8) is 0 Å². The minimum atomic E-state index is -0.890. The van der Waals surface area contributed by atoms with Gasteiger partial charge in [0, 0.05) is 30.7 Å². The monoisotopic (exact) mass is 634 g/mol. The fourth-order valence-corrected chi connectivity index (χ4v) is 5.00. The molecule has 1 saturated heterocycles. The molecule has 4 rings (SSSR count). The van der Waals surface area contributed by atoms with E-state index in [9.17, 15) is 14.4 Å². The second-order valence-electron chi connectivity index (χ2n) is 9.15. The largest absolute Gasteiger partial charge is 0.343 e. The zero-order chi connectivity index (χ0) is 28.8. The Morgan fingerprint density at radius 3 is 1.80 bits per heavy atom. The third-order valence-electron chi connectivity index (χ3n) is 6.22. The molecule has 1 fully saturated rings. The Balaban J connectivity index is 1.73. The highest BCUT2D eigenvalue weighted by Crippen LogP contribution is 2.28. The van der Waals surface area contributed by atoms with Gasteiger partial charge in [0.05, 0.1) is 20.1 Å². The van der Waals surface area contributed by atoms with Crippen molar-refractivity contribution in [2.24, 2.45) is 0 Å². The maximum absolute atomic E-state index is 13.9. The van der Waals surface area contributed by atoms with Crippen molar-refractivity contribution in [2.75, 3.05) is 19.0 Å². The van der Waals surface area contributed by atoms with Gasteiger partial charge in [-0.1, -0.05) is 88.9 Å². The van der Waals surface area contributed by atoms with Crippen LogP contribution < -0.4 is 5.32 Å². The highest BCUT2D eigenvalue weighted by Gasteiger charge is 2.33. The van der Waals surface area contributed by atoms with Gasteiger partial charge < -0.3 is 10.2 Å². The molecule has 1 aliphatic heterocycles. The summed E-state index contributed by atoms with van der Waals surface area (Å²) in [5.74, 6) is -1.34. The lowest BCUT2D eigenvalue weighted by Crippen LogP contribution is -2.53. The number of nitrogens with zero attached hydrogens (tertiary/aromatic N) is 1. The normalized spacial score (nSPS) is 16.3. The van der Waals surface area contributed by atoms with Gasteiger partial charge in [0.1, 0.15) is 11.9 Å². The molecule has 10 heteroatoms. The molecule has 1 atom stereocenters.